The van der Waals surface area contributed by atoms with Crippen molar-refractivity contribution in [3.8, 4) is 0 Å². The molecule has 0 amide bonds. The molecule has 0 atom stereocenters. The number of hydrogen-bond donors (Lipinski definition) is 0. The van der Waals surface area contributed by atoms with Gasteiger partial charge in [0.15, 0.2) is 5.82 Å². The summed E-state index contributed by atoms with van der Waals surface area (Å²) in [7, 11) is 1.62. The minimum atomic E-state index is -0.0335. The van der Waals surface area contributed by atoms with Gasteiger partial charge in [0.05, 0.1) is 36.9 Å². The van der Waals surface area contributed by atoms with Gasteiger partial charge in [0.1, 0.15) is 0 Å². The van der Waals surface area contributed by atoms with E-state index in [4.69, 9.17) is 9.26 Å². The maximum Gasteiger partial charge on any atom is 0.261 e. The van der Waals surface area contributed by atoms with E-state index in [-0.39, 0.29) is 5.56 Å². The second-order valence-electron chi connectivity index (χ2n) is 6.93. The third-order valence-electron chi connectivity index (χ3n) is 5.02. The predicted octanol–water partition coefficient (Wildman–Crippen LogP) is 1.06. The molecule has 4 rings (SSSR count). The first-order valence-corrected chi connectivity index (χ1v) is 9.38. The van der Waals surface area contributed by atoms with Crippen molar-refractivity contribution in [1.82, 2.24) is 24.6 Å². The smallest absolute Gasteiger partial charge is 0.261 e. The Morgan fingerprint density at radius 3 is 2.75 bits per heavy atom. The average molecular weight is 384 g/mol. The Kier molecular flexibility index (Phi) is 5.36. The summed E-state index contributed by atoms with van der Waals surface area (Å²) in [5, 5.41) is 4.60. The van der Waals surface area contributed by atoms with E-state index in [0.717, 1.165) is 43.2 Å². The number of rotatable bonds is 6. The summed E-state index contributed by atoms with van der Waals surface area (Å²) in [5.74, 6) is 1.32. The van der Waals surface area contributed by atoms with Crippen molar-refractivity contribution < 1.29 is 9.26 Å². The van der Waals surface area contributed by atoms with Crippen LogP contribution in [0.5, 0.6) is 0 Å². The second-order valence-corrected chi connectivity index (χ2v) is 6.93. The molecule has 9 nitrogen and oxygen atoms in total. The monoisotopic (exact) mass is 384 g/mol. The highest BCUT2D eigenvalue weighted by Crippen LogP contribution is 2.21. The summed E-state index contributed by atoms with van der Waals surface area (Å²) in [6.07, 6.45) is 1.60. The maximum atomic E-state index is 12.6. The van der Waals surface area contributed by atoms with Crippen LogP contribution < -0.4 is 10.5 Å². The molecule has 0 spiro atoms. The molecule has 1 aromatic carbocycles. The fourth-order valence-electron chi connectivity index (χ4n) is 3.46. The van der Waals surface area contributed by atoms with Gasteiger partial charge < -0.3 is 14.2 Å². The molecule has 2 aromatic heterocycles. The van der Waals surface area contributed by atoms with E-state index in [9.17, 15) is 4.79 Å². The lowest BCUT2D eigenvalue weighted by Crippen LogP contribution is -2.46. The van der Waals surface area contributed by atoms with Crippen molar-refractivity contribution in [3.63, 3.8) is 0 Å². The largest absolute Gasteiger partial charge is 0.383 e. The minimum Gasteiger partial charge on any atom is -0.383 e. The number of ether oxygens (including phenoxy) is 1. The first-order chi connectivity index (χ1) is 13.6. The number of piperazine rings is 1. The topological polar surface area (TPSA) is 89.5 Å². The third-order valence-corrected chi connectivity index (χ3v) is 5.02. The van der Waals surface area contributed by atoms with E-state index in [1.54, 1.807) is 24.9 Å². The standard InChI is InChI=1S/C19H24N6O3/c1-14-21-18(22-28-14)12-23-5-7-24(8-6-23)15-3-4-16-17(11-15)20-13-25(19(16)26)9-10-27-2/h3-4,11,13H,5-10,12H2,1-2H3. The van der Waals surface area contributed by atoms with Gasteiger partial charge in [-0.25, -0.2) is 4.98 Å². The zero-order valence-electron chi connectivity index (χ0n) is 16.2. The molecule has 1 saturated heterocycles. The van der Waals surface area contributed by atoms with Gasteiger partial charge in [-0.15, -0.1) is 0 Å². The van der Waals surface area contributed by atoms with Gasteiger partial charge in [0, 0.05) is 45.9 Å². The summed E-state index contributed by atoms with van der Waals surface area (Å²) in [4.78, 5) is 25.9. The number of hydrogen-bond acceptors (Lipinski definition) is 8. The van der Waals surface area contributed by atoms with E-state index < -0.39 is 0 Å². The Balaban J connectivity index is 1.44. The fourth-order valence-corrected chi connectivity index (χ4v) is 3.46. The highest BCUT2D eigenvalue weighted by molar-refractivity contribution is 5.81. The second kappa shape index (κ2) is 8.07. The predicted molar refractivity (Wildman–Crippen MR) is 104 cm³/mol. The van der Waals surface area contributed by atoms with Gasteiger partial charge in [-0.1, -0.05) is 5.16 Å². The van der Waals surface area contributed by atoms with E-state index in [1.165, 1.54) is 0 Å². The summed E-state index contributed by atoms with van der Waals surface area (Å²) < 4.78 is 11.7. The zero-order valence-corrected chi connectivity index (χ0v) is 16.2. The highest BCUT2D eigenvalue weighted by Gasteiger charge is 2.19. The molecule has 0 radical (unpaired) electrons. The Bertz CT molecular complexity index is 1010. The summed E-state index contributed by atoms with van der Waals surface area (Å²) in [6, 6.07) is 5.87. The number of nitrogens with zero attached hydrogens (tertiary/aromatic N) is 6. The molecule has 0 unspecified atom stereocenters. The minimum absolute atomic E-state index is 0.0335. The van der Waals surface area contributed by atoms with Gasteiger partial charge >= 0.3 is 0 Å². The molecular weight excluding hydrogens is 360 g/mol. The molecule has 0 saturated carbocycles. The summed E-state index contributed by atoms with van der Waals surface area (Å²) in [6.45, 7) is 7.11. The molecular formula is C19H24N6O3. The van der Waals surface area contributed by atoms with Crippen LogP contribution in [0.1, 0.15) is 11.7 Å². The van der Waals surface area contributed by atoms with Gasteiger partial charge in [0.25, 0.3) is 5.56 Å². The number of aromatic nitrogens is 4. The third kappa shape index (κ3) is 3.90. The number of fused-ring (bicyclic) bond motifs is 1. The van der Waals surface area contributed by atoms with Crippen LogP contribution in [0.3, 0.4) is 0 Å². The zero-order chi connectivity index (χ0) is 19.5. The van der Waals surface area contributed by atoms with Gasteiger partial charge in [-0.2, -0.15) is 4.98 Å². The van der Waals surface area contributed by atoms with Crippen molar-refractivity contribution in [2.45, 2.75) is 20.0 Å². The van der Waals surface area contributed by atoms with Gasteiger partial charge in [-0.05, 0) is 18.2 Å². The van der Waals surface area contributed by atoms with Crippen LogP contribution in [0.15, 0.2) is 33.8 Å². The molecule has 3 heterocycles. The normalized spacial score (nSPS) is 15.4. The van der Waals surface area contributed by atoms with Crippen LogP contribution >= 0.6 is 0 Å². The lowest BCUT2D eigenvalue weighted by atomic mass is 10.2. The van der Waals surface area contributed by atoms with Gasteiger partial charge in [0.2, 0.25) is 5.89 Å². The lowest BCUT2D eigenvalue weighted by Gasteiger charge is -2.35. The van der Waals surface area contributed by atoms with Crippen LogP contribution in [0, 0.1) is 6.92 Å². The van der Waals surface area contributed by atoms with Crippen molar-refractivity contribution in [3.05, 3.63) is 46.6 Å². The SMILES string of the molecule is COCCn1cnc2cc(N3CCN(Cc4noc(C)n4)CC3)ccc2c1=O. The molecule has 148 valence electrons. The van der Waals surface area contributed by atoms with E-state index in [2.05, 4.69) is 24.9 Å². The number of aryl methyl sites for hydroxylation is 1. The molecule has 0 bridgehead atoms. The Hall–Kier alpha value is -2.78. The molecule has 3 aromatic rings. The quantitative estimate of drug-likeness (QED) is 0.623. The first kappa shape index (κ1) is 18.6. The van der Waals surface area contributed by atoms with Crippen molar-refractivity contribution in [1.29, 1.82) is 0 Å². The molecule has 1 fully saturated rings. The van der Waals surface area contributed by atoms with Crippen LogP contribution in [0.25, 0.3) is 10.9 Å². The molecule has 28 heavy (non-hydrogen) atoms. The van der Waals surface area contributed by atoms with Crippen LogP contribution in [0.4, 0.5) is 5.69 Å². The molecule has 1 aliphatic rings. The van der Waals surface area contributed by atoms with Crippen LogP contribution in [-0.4, -0.2) is 64.5 Å². The fraction of sp³-hybridized carbons (Fsp3) is 0.474. The Labute approximate surface area is 162 Å². The highest BCUT2D eigenvalue weighted by atomic mass is 16.5. The van der Waals surface area contributed by atoms with E-state index >= 15 is 0 Å². The Morgan fingerprint density at radius 2 is 2.04 bits per heavy atom. The van der Waals surface area contributed by atoms with Crippen molar-refractivity contribution >= 4 is 16.6 Å². The maximum absolute atomic E-state index is 12.6. The Morgan fingerprint density at radius 1 is 1.21 bits per heavy atom. The molecule has 1 aliphatic heterocycles. The molecule has 0 N–H and O–H groups in total. The van der Waals surface area contributed by atoms with Crippen LogP contribution in [-0.2, 0) is 17.8 Å². The first-order valence-electron chi connectivity index (χ1n) is 9.38. The van der Waals surface area contributed by atoms with Crippen LogP contribution in [0.2, 0.25) is 0 Å². The lowest BCUT2D eigenvalue weighted by molar-refractivity contribution is 0.186. The van der Waals surface area contributed by atoms with Gasteiger partial charge in [-0.3, -0.25) is 14.3 Å². The summed E-state index contributed by atoms with van der Waals surface area (Å²) >= 11 is 0. The van der Waals surface area contributed by atoms with Crippen molar-refractivity contribution in [2.75, 3.05) is 44.8 Å². The van der Waals surface area contributed by atoms with Crippen molar-refractivity contribution in [2.24, 2.45) is 0 Å². The molecule has 9 heteroatoms. The number of methoxy groups -OCH3 is 1. The average Bonchev–Trinajstić information content (AvgIpc) is 3.12. The summed E-state index contributed by atoms with van der Waals surface area (Å²) in [5.41, 5.74) is 1.78. The number of anilines is 1. The number of benzene rings is 1. The van der Waals surface area contributed by atoms with E-state index in [1.807, 2.05) is 18.2 Å². The van der Waals surface area contributed by atoms with E-state index in [0.29, 0.717) is 31.0 Å². The molecule has 0 aliphatic carbocycles.